The van der Waals surface area contributed by atoms with Gasteiger partial charge in [-0.1, -0.05) is 6.92 Å². The summed E-state index contributed by atoms with van der Waals surface area (Å²) in [7, 11) is 0. The lowest BCUT2D eigenvalue weighted by Crippen LogP contribution is -2.25. The van der Waals surface area contributed by atoms with E-state index in [4.69, 9.17) is 4.74 Å². The molecule has 3 nitrogen and oxygen atoms in total. The summed E-state index contributed by atoms with van der Waals surface area (Å²) < 4.78 is 5.75. The number of rotatable bonds is 4. The Kier molecular flexibility index (Phi) is 3.96. The fourth-order valence-corrected chi connectivity index (χ4v) is 2.78. The molecule has 0 saturated carbocycles. The predicted octanol–water partition coefficient (Wildman–Crippen LogP) is 2.80. The van der Waals surface area contributed by atoms with Crippen LogP contribution >= 0.6 is 11.3 Å². The van der Waals surface area contributed by atoms with Gasteiger partial charge in [0.2, 0.25) is 0 Å². The zero-order valence-corrected chi connectivity index (χ0v) is 10.6. The molecule has 1 aromatic heterocycles. The third-order valence-electron chi connectivity index (χ3n) is 2.70. The highest BCUT2D eigenvalue weighted by Crippen LogP contribution is 2.30. The maximum Gasteiger partial charge on any atom is 0.114 e. The molecule has 4 heteroatoms. The molecule has 1 unspecified atom stereocenters. The molecule has 1 aromatic rings. The molecule has 1 aliphatic heterocycles. The van der Waals surface area contributed by atoms with E-state index < -0.39 is 0 Å². The number of aryl methyl sites for hydroxylation is 1. The summed E-state index contributed by atoms with van der Waals surface area (Å²) in [6.45, 7) is 5.95. The molecule has 88 valence electrons. The molecule has 0 aliphatic carbocycles. The molecule has 0 spiro atoms. The number of nitrogens with zero attached hydrogens (tertiary/aromatic N) is 1. The topological polar surface area (TPSA) is 34.1 Å². The van der Waals surface area contributed by atoms with Gasteiger partial charge >= 0.3 is 0 Å². The third-order valence-corrected chi connectivity index (χ3v) is 3.70. The Hall–Kier alpha value is -0.870. The van der Waals surface area contributed by atoms with Gasteiger partial charge in [0.15, 0.2) is 0 Å². The van der Waals surface area contributed by atoms with Crippen LogP contribution in [0.25, 0.3) is 0 Å². The standard InChI is InChI=1S/C12H18N2OS/c1-3-13-11(10-6-4-5-7-15-10)12-9(2)14-8-16-12/h6,8,11,13H,3-5,7H2,1-2H3. The Morgan fingerprint density at radius 3 is 3.06 bits per heavy atom. The molecule has 0 bridgehead atoms. The third kappa shape index (κ3) is 2.44. The number of hydrogen-bond acceptors (Lipinski definition) is 4. The average molecular weight is 238 g/mol. The summed E-state index contributed by atoms with van der Waals surface area (Å²) in [5.74, 6) is 1.07. The van der Waals surface area contributed by atoms with Crippen molar-refractivity contribution in [2.24, 2.45) is 0 Å². The maximum absolute atomic E-state index is 5.75. The van der Waals surface area contributed by atoms with Gasteiger partial charge in [-0.05, 0) is 32.4 Å². The number of likely N-dealkylation sites (N-methyl/N-ethyl adjacent to an activating group) is 1. The van der Waals surface area contributed by atoms with Crippen molar-refractivity contribution in [3.63, 3.8) is 0 Å². The molecule has 1 N–H and O–H groups in total. The highest BCUT2D eigenvalue weighted by Gasteiger charge is 2.22. The average Bonchev–Trinajstić information content (AvgIpc) is 2.73. The van der Waals surface area contributed by atoms with Crippen molar-refractivity contribution in [1.82, 2.24) is 10.3 Å². The van der Waals surface area contributed by atoms with Gasteiger partial charge < -0.3 is 10.1 Å². The minimum atomic E-state index is 0.192. The van der Waals surface area contributed by atoms with Crippen LogP contribution in [-0.4, -0.2) is 18.1 Å². The largest absolute Gasteiger partial charge is 0.496 e. The van der Waals surface area contributed by atoms with Gasteiger partial charge in [-0.25, -0.2) is 4.98 Å². The lowest BCUT2D eigenvalue weighted by atomic mass is 10.1. The highest BCUT2D eigenvalue weighted by atomic mass is 32.1. The van der Waals surface area contributed by atoms with Crippen LogP contribution in [0.5, 0.6) is 0 Å². The molecule has 2 heterocycles. The molecule has 0 amide bonds. The second-order valence-electron chi connectivity index (χ2n) is 3.89. The minimum Gasteiger partial charge on any atom is -0.496 e. The van der Waals surface area contributed by atoms with Crippen LogP contribution in [-0.2, 0) is 4.74 Å². The van der Waals surface area contributed by atoms with Crippen molar-refractivity contribution in [1.29, 1.82) is 0 Å². The van der Waals surface area contributed by atoms with Crippen LogP contribution in [0.1, 0.15) is 36.4 Å². The van der Waals surface area contributed by atoms with Gasteiger partial charge in [0.25, 0.3) is 0 Å². The van der Waals surface area contributed by atoms with Crippen LogP contribution < -0.4 is 5.32 Å². The minimum absolute atomic E-state index is 0.192. The summed E-state index contributed by atoms with van der Waals surface area (Å²) in [4.78, 5) is 5.58. The van der Waals surface area contributed by atoms with Gasteiger partial charge in [-0.2, -0.15) is 0 Å². The zero-order valence-electron chi connectivity index (χ0n) is 9.82. The first-order valence-electron chi connectivity index (χ1n) is 5.79. The normalized spacial score (nSPS) is 17.8. The lowest BCUT2D eigenvalue weighted by molar-refractivity contribution is 0.168. The number of nitrogens with one attached hydrogen (secondary N) is 1. The van der Waals surface area contributed by atoms with E-state index in [1.54, 1.807) is 11.3 Å². The molecule has 1 aliphatic rings. The number of thiazole rings is 1. The Labute approximate surface area is 101 Å². The lowest BCUT2D eigenvalue weighted by Gasteiger charge is -2.23. The van der Waals surface area contributed by atoms with E-state index in [2.05, 4.69) is 30.2 Å². The molecular weight excluding hydrogens is 220 g/mol. The van der Waals surface area contributed by atoms with E-state index in [1.165, 1.54) is 4.88 Å². The van der Waals surface area contributed by atoms with Crippen LogP contribution in [0.4, 0.5) is 0 Å². The van der Waals surface area contributed by atoms with E-state index in [0.29, 0.717) is 0 Å². The molecule has 0 radical (unpaired) electrons. The first kappa shape index (κ1) is 11.6. The van der Waals surface area contributed by atoms with Crippen molar-refractivity contribution in [3.05, 3.63) is 27.9 Å². The molecule has 0 fully saturated rings. The SMILES string of the molecule is CCNC(C1=CCCCO1)c1scnc1C. The molecule has 16 heavy (non-hydrogen) atoms. The summed E-state index contributed by atoms with van der Waals surface area (Å²) in [6.07, 6.45) is 4.45. The number of aromatic nitrogens is 1. The van der Waals surface area contributed by atoms with Gasteiger partial charge in [0.1, 0.15) is 11.8 Å². The monoisotopic (exact) mass is 238 g/mol. The van der Waals surface area contributed by atoms with Crippen molar-refractivity contribution >= 4 is 11.3 Å². The Bertz CT molecular complexity index is 373. The Morgan fingerprint density at radius 2 is 2.50 bits per heavy atom. The number of ether oxygens (including phenoxy) is 1. The van der Waals surface area contributed by atoms with Crippen LogP contribution in [0.15, 0.2) is 17.3 Å². The Morgan fingerprint density at radius 1 is 1.62 bits per heavy atom. The fraction of sp³-hybridized carbons (Fsp3) is 0.583. The first-order chi connectivity index (χ1) is 7.83. The maximum atomic E-state index is 5.75. The van der Waals surface area contributed by atoms with E-state index in [1.807, 2.05) is 5.51 Å². The summed E-state index contributed by atoms with van der Waals surface area (Å²) in [5, 5.41) is 3.47. The van der Waals surface area contributed by atoms with E-state index >= 15 is 0 Å². The van der Waals surface area contributed by atoms with E-state index in [-0.39, 0.29) is 6.04 Å². The smallest absolute Gasteiger partial charge is 0.114 e. The summed E-state index contributed by atoms with van der Waals surface area (Å²) in [6, 6.07) is 0.192. The van der Waals surface area contributed by atoms with Gasteiger partial charge in [-0.3, -0.25) is 0 Å². The van der Waals surface area contributed by atoms with Gasteiger partial charge in [0.05, 0.1) is 22.7 Å². The molecule has 0 saturated heterocycles. The van der Waals surface area contributed by atoms with Crippen molar-refractivity contribution < 1.29 is 4.74 Å². The van der Waals surface area contributed by atoms with E-state index in [9.17, 15) is 0 Å². The molecule has 2 rings (SSSR count). The quantitative estimate of drug-likeness (QED) is 0.876. The first-order valence-corrected chi connectivity index (χ1v) is 6.67. The second kappa shape index (κ2) is 5.46. The van der Waals surface area contributed by atoms with Gasteiger partial charge in [0, 0.05) is 0 Å². The van der Waals surface area contributed by atoms with Crippen molar-refractivity contribution in [2.45, 2.75) is 32.7 Å². The molecule has 1 atom stereocenters. The fourth-order valence-electron chi connectivity index (χ4n) is 1.89. The van der Waals surface area contributed by atoms with E-state index in [0.717, 1.165) is 37.4 Å². The van der Waals surface area contributed by atoms with Crippen molar-refractivity contribution in [2.75, 3.05) is 13.2 Å². The highest BCUT2D eigenvalue weighted by molar-refractivity contribution is 7.09. The Balaban J connectivity index is 2.23. The van der Waals surface area contributed by atoms with Gasteiger partial charge in [-0.15, -0.1) is 11.3 Å². The molecule has 0 aromatic carbocycles. The van der Waals surface area contributed by atoms with Crippen molar-refractivity contribution in [3.8, 4) is 0 Å². The van der Waals surface area contributed by atoms with Crippen LogP contribution in [0.3, 0.4) is 0 Å². The zero-order chi connectivity index (χ0) is 11.4. The summed E-state index contributed by atoms with van der Waals surface area (Å²) >= 11 is 1.70. The second-order valence-corrected chi connectivity index (χ2v) is 4.78. The predicted molar refractivity (Wildman–Crippen MR) is 66.5 cm³/mol. The summed E-state index contributed by atoms with van der Waals surface area (Å²) in [5.41, 5.74) is 3.00. The number of hydrogen-bond donors (Lipinski definition) is 1. The molecular formula is C12H18N2OS. The van der Waals surface area contributed by atoms with Crippen LogP contribution in [0.2, 0.25) is 0 Å². The van der Waals surface area contributed by atoms with Crippen LogP contribution in [0, 0.1) is 6.92 Å². The number of allylic oxidation sites excluding steroid dienone is 1.